The molecule has 4 rings (SSSR count). The summed E-state index contributed by atoms with van der Waals surface area (Å²) in [5, 5.41) is 0. The van der Waals surface area contributed by atoms with Gasteiger partial charge in [0, 0.05) is 31.4 Å². The Bertz CT molecular complexity index is 705. The fourth-order valence-electron chi connectivity index (χ4n) is 5.13. The summed E-state index contributed by atoms with van der Waals surface area (Å²) in [7, 11) is 0. The van der Waals surface area contributed by atoms with Crippen molar-refractivity contribution in [3.05, 3.63) is 29.8 Å². The SMILES string of the molecule is CCOC(=O)C1CCCN(C(=O)C2Cc3ccccc3N3CCCCC23)C1. The van der Waals surface area contributed by atoms with Crippen LogP contribution in [0.4, 0.5) is 5.69 Å². The van der Waals surface area contributed by atoms with E-state index in [-0.39, 0.29) is 23.7 Å². The number of anilines is 1. The van der Waals surface area contributed by atoms with E-state index in [0.717, 1.165) is 38.8 Å². The molecule has 1 amide bonds. The van der Waals surface area contributed by atoms with Gasteiger partial charge in [0.15, 0.2) is 0 Å². The Kier molecular flexibility index (Phi) is 5.37. The lowest BCUT2D eigenvalue weighted by molar-refractivity contribution is -0.152. The molecule has 0 N–H and O–H groups in total. The lowest BCUT2D eigenvalue weighted by atomic mass is 9.79. The van der Waals surface area contributed by atoms with Crippen LogP contribution in [0.1, 0.15) is 44.6 Å². The van der Waals surface area contributed by atoms with Gasteiger partial charge in [-0.3, -0.25) is 9.59 Å². The maximum atomic E-state index is 13.5. The monoisotopic (exact) mass is 370 g/mol. The van der Waals surface area contributed by atoms with Crippen LogP contribution in [0.15, 0.2) is 24.3 Å². The molecule has 0 saturated carbocycles. The van der Waals surface area contributed by atoms with E-state index in [0.29, 0.717) is 19.2 Å². The Morgan fingerprint density at radius 3 is 2.81 bits per heavy atom. The second-order valence-electron chi connectivity index (χ2n) is 8.07. The molecule has 3 aliphatic rings. The quantitative estimate of drug-likeness (QED) is 0.768. The van der Waals surface area contributed by atoms with Crippen LogP contribution in [0, 0.1) is 11.8 Å². The van der Waals surface area contributed by atoms with Gasteiger partial charge < -0.3 is 14.5 Å². The molecule has 3 unspecified atom stereocenters. The lowest BCUT2D eigenvalue weighted by Crippen LogP contribution is -2.55. The Morgan fingerprint density at radius 2 is 1.96 bits per heavy atom. The molecule has 3 heterocycles. The van der Waals surface area contributed by atoms with E-state index >= 15 is 0 Å². The number of hydrogen-bond donors (Lipinski definition) is 0. The predicted octanol–water partition coefficient (Wildman–Crippen LogP) is 3.02. The third-order valence-electron chi connectivity index (χ3n) is 6.42. The van der Waals surface area contributed by atoms with Crippen molar-refractivity contribution in [3.63, 3.8) is 0 Å². The number of esters is 1. The van der Waals surface area contributed by atoms with Crippen LogP contribution in [-0.2, 0) is 20.7 Å². The molecule has 0 spiro atoms. The molecular formula is C22H30N2O3. The zero-order chi connectivity index (χ0) is 18.8. The molecule has 2 saturated heterocycles. The predicted molar refractivity (Wildman–Crippen MR) is 105 cm³/mol. The van der Waals surface area contributed by atoms with Crippen LogP contribution in [0.5, 0.6) is 0 Å². The van der Waals surface area contributed by atoms with Crippen LogP contribution in [0.25, 0.3) is 0 Å². The number of amides is 1. The minimum absolute atomic E-state index is 0.00106. The number of piperidine rings is 2. The van der Waals surface area contributed by atoms with Gasteiger partial charge in [-0.05, 0) is 57.1 Å². The Hall–Kier alpha value is -2.04. The molecule has 5 nitrogen and oxygen atoms in total. The highest BCUT2D eigenvalue weighted by Gasteiger charge is 2.42. The van der Waals surface area contributed by atoms with E-state index in [2.05, 4.69) is 29.2 Å². The zero-order valence-electron chi connectivity index (χ0n) is 16.2. The average molecular weight is 370 g/mol. The normalized spacial score (nSPS) is 27.5. The van der Waals surface area contributed by atoms with Crippen molar-refractivity contribution in [1.29, 1.82) is 0 Å². The summed E-state index contributed by atoms with van der Waals surface area (Å²) in [5.74, 6) is -0.0826. The Labute approximate surface area is 161 Å². The molecule has 1 aromatic carbocycles. The van der Waals surface area contributed by atoms with Gasteiger partial charge in [-0.15, -0.1) is 0 Å². The van der Waals surface area contributed by atoms with Gasteiger partial charge in [0.25, 0.3) is 0 Å². The maximum Gasteiger partial charge on any atom is 0.310 e. The van der Waals surface area contributed by atoms with Crippen molar-refractivity contribution >= 4 is 17.6 Å². The maximum absolute atomic E-state index is 13.5. The molecule has 1 aromatic rings. The molecule has 27 heavy (non-hydrogen) atoms. The molecule has 0 radical (unpaired) electrons. The van der Waals surface area contributed by atoms with Crippen LogP contribution >= 0.6 is 0 Å². The van der Waals surface area contributed by atoms with Gasteiger partial charge in [-0.1, -0.05) is 18.2 Å². The molecule has 0 aliphatic carbocycles. The van der Waals surface area contributed by atoms with Crippen molar-refractivity contribution in [2.45, 2.75) is 51.5 Å². The van der Waals surface area contributed by atoms with Gasteiger partial charge in [0.05, 0.1) is 18.4 Å². The standard InChI is InChI=1S/C22H30N2O3/c1-2-27-22(26)17-9-7-12-23(15-17)21(25)18-14-16-8-3-4-10-19(16)24-13-6-5-11-20(18)24/h3-4,8,10,17-18,20H,2,5-7,9,11-15H2,1H3. The van der Waals surface area contributed by atoms with Crippen LogP contribution in [0.2, 0.25) is 0 Å². The third kappa shape index (κ3) is 3.56. The second kappa shape index (κ2) is 7.91. The minimum Gasteiger partial charge on any atom is -0.466 e. The number of carbonyl (C=O) groups is 2. The van der Waals surface area contributed by atoms with Gasteiger partial charge >= 0.3 is 5.97 Å². The number of para-hydroxylation sites is 1. The first-order valence-corrected chi connectivity index (χ1v) is 10.5. The summed E-state index contributed by atoms with van der Waals surface area (Å²) < 4.78 is 5.20. The van der Waals surface area contributed by atoms with Gasteiger partial charge in [-0.2, -0.15) is 0 Å². The molecule has 5 heteroatoms. The molecular weight excluding hydrogens is 340 g/mol. The summed E-state index contributed by atoms with van der Waals surface area (Å²) in [6.07, 6.45) is 5.99. The van der Waals surface area contributed by atoms with Crippen molar-refractivity contribution in [3.8, 4) is 0 Å². The topological polar surface area (TPSA) is 49.9 Å². The molecule has 146 valence electrons. The first kappa shape index (κ1) is 18.3. The summed E-state index contributed by atoms with van der Waals surface area (Å²) >= 11 is 0. The van der Waals surface area contributed by atoms with E-state index in [1.54, 1.807) is 0 Å². The number of ether oxygens (including phenoxy) is 1. The van der Waals surface area contributed by atoms with Gasteiger partial charge in [0.1, 0.15) is 0 Å². The minimum atomic E-state index is -0.166. The fourth-order valence-corrected chi connectivity index (χ4v) is 5.13. The number of nitrogens with zero attached hydrogens (tertiary/aromatic N) is 2. The molecule has 2 fully saturated rings. The number of hydrogen-bond acceptors (Lipinski definition) is 4. The van der Waals surface area contributed by atoms with Crippen LogP contribution in [0.3, 0.4) is 0 Å². The van der Waals surface area contributed by atoms with Crippen molar-refractivity contribution in [2.75, 3.05) is 31.1 Å². The fraction of sp³-hybridized carbons (Fsp3) is 0.636. The van der Waals surface area contributed by atoms with Gasteiger partial charge in [0.2, 0.25) is 5.91 Å². The highest BCUT2D eigenvalue weighted by Crippen LogP contribution is 2.39. The number of benzene rings is 1. The van der Waals surface area contributed by atoms with E-state index < -0.39 is 0 Å². The van der Waals surface area contributed by atoms with Crippen molar-refractivity contribution in [2.24, 2.45) is 11.8 Å². The second-order valence-corrected chi connectivity index (χ2v) is 8.07. The van der Waals surface area contributed by atoms with E-state index in [4.69, 9.17) is 4.74 Å². The number of rotatable bonds is 3. The van der Waals surface area contributed by atoms with E-state index in [1.165, 1.54) is 24.1 Å². The third-order valence-corrected chi connectivity index (χ3v) is 6.42. The smallest absolute Gasteiger partial charge is 0.310 e. The first-order chi connectivity index (χ1) is 13.2. The van der Waals surface area contributed by atoms with Crippen molar-refractivity contribution in [1.82, 2.24) is 4.90 Å². The Balaban J connectivity index is 1.53. The molecule has 3 aliphatic heterocycles. The number of likely N-dealkylation sites (tertiary alicyclic amines) is 1. The first-order valence-electron chi connectivity index (χ1n) is 10.5. The number of fused-ring (bicyclic) bond motifs is 3. The van der Waals surface area contributed by atoms with Crippen molar-refractivity contribution < 1.29 is 14.3 Å². The summed E-state index contributed by atoms with van der Waals surface area (Å²) in [4.78, 5) is 30.1. The van der Waals surface area contributed by atoms with Crippen LogP contribution < -0.4 is 4.90 Å². The van der Waals surface area contributed by atoms with Gasteiger partial charge in [-0.25, -0.2) is 0 Å². The summed E-state index contributed by atoms with van der Waals surface area (Å²) in [6.45, 7) is 4.56. The lowest BCUT2D eigenvalue weighted by Gasteiger charge is -2.47. The average Bonchev–Trinajstić information content (AvgIpc) is 2.73. The summed E-state index contributed by atoms with van der Waals surface area (Å²) in [6, 6.07) is 8.83. The zero-order valence-corrected chi connectivity index (χ0v) is 16.2. The largest absolute Gasteiger partial charge is 0.466 e. The highest BCUT2D eigenvalue weighted by atomic mass is 16.5. The molecule has 0 bridgehead atoms. The van der Waals surface area contributed by atoms with E-state index in [9.17, 15) is 9.59 Å². The van der Waals surface area contributed by atoms with Crippen LogP contribution in [-0.4, -0.2) is 49.1 Å². The molecule has 3 atom stereocenters. The Morgan fingerprint density at radius 1 is 1.11 bits per heavy atom. The molecule has 0 aromatic heterocycles. The summed E-state index contributed by atoms with van der Waals surface area (Å²) in [5.41, 5.74) is 2.60. The number of carbonyl (C=O) groups excluding carboxylic acids is 2. The highest BCUT2D eigenvalue weighted by molar-refractivity contribution is 5.83. The van der Waals surface area contributed by atoms with E-state index in [1.807, 2.05) is 11.8 Å².